The Labute approximate surface area is 182 Å². The molecule has 0 bridgehead atoms. The van der Waals surface area contributed by atoms with E-state index in [1.807, 2.05) is 13.0 Å². The molecule has 1 amide bonds. The molecule has 1 aliphatic heterocycles. The molecule has 1 N–H and O–H groups in total. The van der Waals surface area contributed by atoms with Crippen molar-refractivity contribution < 1.29 is 17.9 Å². The van der Waals surface area contributed by atoms with E-state index in [2.05, 4.69) is 10.3 Å². The predicted molar refractivity (Wildman–Crippen MR) is 115 cm³/mol. The van der Waals surface area contributed by atoms with Crippen molar-refractivity contribution >= 4 is 27.5 Å². The van der Waals surface area contributed by atoms with Crippen molar-refractivity contribution in [3.05, 3.63) is 52.7 Å². The first-order chi connectivity index (χ1) is 14.4. The summed E-state index contributed by atoms with van der Waals surface area (Å²) in [4.78, 5) is 16.8. The minimum absolute atomic E-state index is 0.0323. The van der Waals surface area contributed by atoms with Gasteiger partial charge in [0.05, 0.1) is 11.6 Å². The zero-order valence-corrected chi connectivity index (χ0v) is 18.5. The molecule has 1 aromatic heterocycles. The van der Waals surface area contributed by atoms with Crippen molar-refractivity contribution in [3.63, 3.8) is 0 Å². The fourth-order valence-corrected chi connectivity index (χ4v) is 5.38. The third-order valence-electron chi connectivity index (χ3n) is 4.95. The first kappa shape index (κ1) is 22.5. The maximum atomic E-state index is 13.1. The summed E-state index contributed by atoms with van der Waals surface area (Å²) in [7, 11) is -3.76. The molecule has 0 radical (unpaired) electrons. The number of carbonyl (C=O) groups is 1. The zero-order chi connectivity index (χ0) is 21.6. The van der Waals surface area contributed by atoms with Gasteiger partial charge in [0.1, 0.15) is 4.90 Å². The van der Waals surface area contributed by atoms with Gasteiger partial charge in [0, 0.05) is 37.0 Å². The highest BCUT2D eigenvalue weighted by Crippen LogP contribution is 2.27. The van der Waals surface area contributed by atoms with E-state index in [1.165, 1.54) is 22.5 Å². The largest absolute Gasteiger partial charge is 0.478 e. The maximum Gasteiger partial charge on any atom is 0.251 e. The van der Waals surface area contributed by atoms with Crippen molar-refractivity contribution in [2.24, 2.45) is 0 Å². The van der Waals surface area contributed by atoms with Gasteiger partial charge in [-0.05, 0) is 44.0 Å². The summed E-state index contributed by atoms with van der Waals surface area (Å²) in [6.45, 7) is 3.47. The van der Waals surface area contributed by atoms with E-state index >= 15 is 0 Å². The lowest BCUT2D eigenvalue weighted by molar-refractivity contribution is 0.0950. The number of carbonyl (C=O) groups excluding carboxylic acids is 1. The van der Waals surface area contributed by atoms with E-state index < -0.39 is 15.9 Å². The predicted octanol–water partition coefficient (Wildman–Crippen LogP) is 3.63. The van der Waals surface area contributed by atoms with Crippen LogP contribution < -0.4 is 10.1 Å². The number of nitrogens with one attached hydrogen (secondary N) is 1. The minimum atomic E-state index is -3.76. The Morgan fingerprint density at radius 3 is 2.63 bits per heavy atom. The van der Waals surface area contributed by atoms with Crippen LogP contribution in [0.15, 0.2) is 41.4 Å². The molecule has 1 aromatic carbocycles. The molecule has 0 aliphatic carbocycles. The van der Waals surface area contributed by atoms with Gasteiger partial charge in [-0.2, -0.15) is 4.31 Å². The number of rotatable bonds is 7. The second-order valence-electron chi connectivity index (χ2n) is 7.05. The van der Waals surface area contributed by atoms with Crippen LogP contribution in [0.3, 0.4) is 0 Å². The molecule has 3 rings (SSSR count). The van der Waals surface area contributed by atoms with E-state index in [1.54, 1.807) is 12.3 Å². The third-order valence-corrected chi connectivity index (χ3v) is 7.33. The number of hydrogen-bond donors (Lipinski definition) is 1. The molecule has 7 nitrogen and oxygen atoms in total. The summed E-state index contributed by atoms with van der Waals surface area (Å²) < 4.78 is 33.2. The summed E-state index contributed by atoms with van der Waals surface area (Å²) in [5, 5.41) is 2.90. The second-order valence-corrected chi connectivity index (χ2v) is 9.36. The Bertz CT molecular complexity index is 989. The molecular formula is C21H26ClN3O4S. The number of halogens is 1. The molecule has 0 saturated carbocycles. The van der Waals surface area contributed by atoms with Gasteiger partial charge in [-0.15, -0.1) is 0 Å². The van der Waals surface area contributed by atoms with Crippen molar-refractivity contribution in [2.45, 2.75) is 44.0 Å². The first-order valence-corrected chi connectivity index (χ1v) is 11.9. The highest BCUT2D eigenvalue weighted by molar-refractivity contribution is 7.89. The van der Waals surface area contributed by atoms with Gasteiger partial charge in [-0.3, -0.25) is 4.79 Å². The first-order valence-electron chi connectivity index (χ1n) is 10.1. The molecule has 0 atom stereocenters. The average molecular weight is 452 g/mol. The number of nitrogens with zero attached hydrogens (tertiary/aromatic N) is 2. The van der Waals surface area contributed by atoms with Gasteiger partial charge in [0.2, 0.25) is 15.9 Å². The van der Waals surface area contributed by atoms with Crippen LogP contribution >= 0.6 is 11.6 Å². The SMILES string of the molecule is CCOc1ncccc1CNC(=O)c1ccc(Cl)c(S(=O)(=O)N2CCCCCC2)c1. The van der Waals surface area contributed by atoms with E-state index in [4.69, 9.17) is 16.3 Å². The molecule has 2 heterocycles. The number of sulfonamides is 1. The van der Waals surface area contributed by atoms with Crippen molar-refractivity contribution in [1.82, 2.24) is 14.6 Å². The van der Waals surface area contributed by atoms with Crippen LogP contribution in [0, 0.1) is 0 Å². The number of benzene rings is 1. The molecule has 162 valence electrons. The molecule has 2 aromatic rings. The van der Waals surface area contributed by atoms with Gasteiger partial charge in [0.15, 0.2) is 0 Å². The molecule has 0 spiro atoms. The zero-order valence-electron chi connectivity index (χ0n) is 16.9. The molecule has 1 aliphatic rings. The smallest absolute Gasteiger partial charge is 0.251 e. The summed E-state index contributed by atoms with van der Waals surface area (Å²) in [6.07, 6.45) is 5.30. The lowest BCUT2D eigenvalue weighted by Crippen LogP contribution is -2.32. The van der Waals surface area contributed by atoms with Gasteiger partial charge < -0.3 is 10.1 Å². The highest BCUT2D eigenvalue weighted by atomic mass is 35.5. The van der Waals surface area contributed by atoms with E-state index in [0.717, 1.165) is 31.2 Å². The standard InChI is InChI=1S/C21H26ClN3O4S/c1-2-29-21-17(8-7-11-23-21)15-24-20(26)16-9-10-18(22)19(14-16)30(27,28)25-12-5-3-4-6-13-25/h7-11,14H,2-6,12-13,15H2,1H3,(H,24,26). The Balaban J connectivity index is 1.78. The second kappa shape index (κ2) is 10.2. The summed E-state index contributed by atoms with van der Waals surface area (Å²) in [5.74, 6) is 0.0612. The number of hydrogen-bond acceptors (Lipinski definition) is 5. The fraction of sp³-hybridized carbons (Fsp3) is 0.429. The average Bonchev–Trinajstić information content (AvgIpc) is 3.03. The molecule has 30 heavy (non-hydrogen) atoms. The molecular weight excluding hydrogens is 426 g/mol. The van der Waals surface area contributed by atoms with Crippen LogP contribution in [0.5, 0.6) is 5.88 Å². The molecule has 1 saturated heterocycles. The number of aromatic nitrogens is 1. The fourth-order valence-electron chi connectivity index (χ4n) is 3.37. The Hall–Kier alpha value is -2.16. The van der Waals surface area contributed by atoms with Crippen molar-refractivity contribution in [3.8, 4) is 5.88 Å². The molecule has 0 unspecified atom stereocenters. The van der Waals surface area contributed by atoms with Crippen LogP contribution in [0.1, 0.15) is 48.5 Å². The summed E-state index contributed by atoms with van der Waals surface area (Å²) >= 11 is 6.21. The van der Waals surface area contributed by atoms with E-state index in [-0.39, 0.29) is 22.0 Å². The molecule has 9 heteroatoms. The quantitative estimate of drug-likeness (QED) is 0.694. The lowest BCUT2D eigenvalue weighted by atomic mass is 10.2. The summed E-state index contributed by atoms with van der Waals surface area (Å²) in [6, 6.07) is 7.90. The van der Waals surface area contributed by atoms with Crippen molar-refractivity contribution in [2.75, 3.05) is 19.7 Å². The van der Waals surface area contributed by atoms with Crippen LogP contribution in [-0.2, 0) is 16.6 Å². The summed E-state index contributed by atoms with van der Waals surface area (Å²) in [5.41, 5.74) is 0.966. The minimum Gasteiger partial charge on any atom is -0.478 e. The Kier molecular flexibility index (Phi) is 7.69. The van der Waals surface area contributed by atoms with E-state index in [0.29, 0.717) is 25.6 Å². The van der Waals surface area contributed by atoms with Gasteiger partial charge >= 0.3 is 0 Å². The van der Waals surface area contributed by atoms with Crippen LogP contribution in [0.4, 0.5) is 0 Å². The third kappa shape index (κ3) is 5.30. The van der Waals surface area contributed by atoms with E-state index in [9.17, 15) is 13.2 Å². The highest BCUT2D eigenvalue weighted by Gasteiger charge is 2.28. The maximum absolute atomic E-state index is 13.1. The van der Waals surface area contributed by atoms with Crippen LogP contribution in [-0.4, -0.2) is 43.3 Å². The Morgan fingerprint density at radius 1 is 1.20 bits per heavy atom. The van der Waals surface area contributed by atoms with Gasteiger partial charge in [-0.1, -0.05) is 30.5 Å². The molecule has 1 fully saturated rings. The van der Waals surface area contributed by atoms with Gasteiger partial charge in [0.25, 0.3) is 5.91 Å². The van der Waals surface area contributed by atoms with Crippen LogP contribution in [0.25, 0.3) is 0 Å². The Morgan fingerprint density at radius 2 is 1.93 bits per heavy atom. The number of ether oxygens (including phenoxy) is 1. The normalized spacial score (nSPS) is 15.4. The lowest BCUT2D eigenvalue weighted by Gasteiger charge is -2.21. The van der Waals surface area contributed by atoms with Crippen molar-refractivity contribution in [1.29, 1.82) is 0 Å². The van der Waals surface area contributed by atoms with Gasteiger partial charge in [-0.25, -0.2) is 13.4 Å². The monoisotopic (exact) mass is 451 g/mol. The number of pyridine rings is 1. The topological polar surface area (TPSA) is 88.6 Å². The van der Waals surface area contributed by atoms with Crippen LogP contribution in [0.2, 0.25) is 5.02 Å². The number of amides is 1.